The van der Waals surface area contributed by atoms with Gasteiger partial charge < -0.3 is 20.5 Å². The molecule has 5 heteroatoms. The minimum Gasteiger partial charge on any atom is -0.389 e. The van der Waals surface area contributed by atoms with Crippen LogP contribution in [0.1, 0.15) is 33.1 Å². The molecule has 102 valence electrons. The molecule has 0 bridgehead atoms. The quantitative estimate of drug-likeness (QED) is 0.484. The lowest BCUT2D eigenvalue weighted by atomic mass is 9.98. The normalized spacial score (nSPS) is 11.5. The zero-order valence-electron chi connectivity index (χ0n) is 11.2. The lowest BCUT2D eigenvalue weighted by Crippen LogP contribution is -2.40. The van der Waals surface area contributed by atoms with Gasteiger partial charge in [0.1, 0.15) is 0 Å². The Balaban J connectivity index is 3.53. The Morgan fingerprint density at radius 3 is 2.47 bits per heavy atom. The molecule has 3 N–H and O–H groups in total. The molecule has 0 rings (SSSR count). The molecular formula is C12H26N2O3. The van der Waals surface area contributed by atoms with Crippen LogP contribution in [0.4, 0.5) is 0 Å². The third-order valence-electron chi connectivity index (χ3n) is 2.93. The smallest absolute Gasteiger partial charge is 0.221 e. The number of carbonyl (C=O) groups is 1. The van der Waals surface area contributed by atoms with Crippen molar-refractivity contribution in [3.8, 4) is 0 Å². The number of methoxy groups -OCH3 is 1. The summed E-state index contributed by atoms with van der Waals surface area (Å²) in [6, 6.07) is 0. The first-order valence-corrected chi connectivity index (χ1v) is 6.26. The van der Waals surface area contributed by atoms with Gasteiger partial charge in [0.15, 0.2) is 0 Å². The number of amides is 1. The fraction of sp³-hybridized carbons (Fsp3) is 0.917. The van der Waals surface area contributed by atoms with Crippen LogP contribution < -0.4 is 10.6 Å². The lowest BCUT2D eigenvalue weighted by molar-refractivity contribution is -0.121. The van der Waals surface area contributed by atoms with E-state index in [2.05, 4.69) is 10.6 Å². The van der Waals surface area contributed by atoms with E-state index in [0.29, 0.717) is 32.7 Å². The summed E-state index contributed by atoms with van der Waals surface area (Å²) < 4.78 is 4.83. The minimum atomic E-state index is -0.646. The molecule has 5 nitrogen and oxygen atoms in total. The maximum Gasteiger partial charge on any atom is 0.221 e. The van der Waals surface area contributed by atoms with Crippen molar-refractivity contribution >= 4 is 5.91 Å². The summed E-state index contributed by atoms with van der Waals surface area (Å²) in [5.41, 5.74) is -0.646. The van der Waals surface area contributed by atoms with Crippen molar-refractivity contribution in [2.75, 3.05) is 33.4 Å². The number of hydrogen-bond donors (Lipinski definition) is 3. The van der Waals surface area contributed by atoms with Crippen LogP contribution in [0.15, 0.2) is 0 Å². The number of ether oxygens (including phenoxy) is 1. The molecule has 0 radical (unpaired) electrons. The van der Waals surface area contributed by atoms with Gasteiger partial charge in [-0.05, 0) is 12.8 Å². The van der Waals surface area contributed by atoms with Gasteiger partial charge in [-0.3, -0.25) is 4.79 Å². The van der Waals surface area contributed by atoms with Crippen molar-refractivity contribution in [2.24, 2.45) is 0 Å². The molecule has 0 fully saturated rings. The topological polar surface area (TPSA) is 70.6 Å². The van der Waals surface area contributed by atoms with E-state index >= 15 is 0 Å². The van der Waals surface area contributed by atoms with E-state index in [4.69, 9.17) is 4.74 Å². The van der Waals surface area contributed by atoms with Gasteiger partial charge in [-0.25, -0.2) is 0 Å². The van der Waals surface area contributed by atoms with Crippen LogP contribution >= 0.6 is 0 Å². The number of carbonyl (C=O) groups excluding carboxylic acids is 1. The van der Waals surface area contributed by atoms with Crippen LogP contribution in [-0.4, -0.2) is 50.0 Å². The van der Waals surface area contributed by atoms with Crippen LogP contribution in [-0.2, 0) is 9.53 Å². The molecule has 0 aromatic heterocycles. The van der Waals surface area contributed by atoms with Gasteiger partial charge in [-0.1, -0.05) is 13.8 Å². The number of aliphatic hydroxyl groups is 1. The molecule has 0 aliphatic heterocycles. The molecule has 0 saturated carbocycles. The van der Waals surface area contributed by atoms with Crippen LogP contribution in [0.25, 0.3) is 0 Å². The second kappa shape index (κ2) is 9.39. The van der Waals surface area contributed by atoms with Crippen LogP contribution in [0.3, 0.4) is 0 Å². The van der Waals surface area contributed by atoms with Gasteiger partial charge in [-0.15, -0.1) is 0 Å². The molecule has 0 spiro atoms. The van der Waals surface area contributed by atoms with E-state index in [0.717, 1.165) is 12.8 Å². The molecule has 1 amide bonds. The van der Waals surface area contributed by atoms with Crippen molar-refractivity contribution in [3.05, 3.63) is 0 Å². The van der Waals surface area contributed by atoms with Crippen LogP contribution in [0.5, 0.6) is 0 Å². The zero-order valence-corrected chi connectivity index (χ0v) is 11.2. The van der Waals surface area contributed by atoms with Gasteiger partial charge in [0.2, 0.25) is 5.91 Å². The van der Waals surface area contributed by atoms with E-state index in [1.807, 2.05) is 13.8 Å². The first-order chi connectivity index (χ1) is 8.08. The number of nitrogens with one attached hydrogen (secondary N) is 2. The fourth-order valence-corrected chi connectivity index (χ4v) is 1.40. The summed E-state index contributed by atoms with van der Waals surface area (Å²) in [5.74, 6) is 0.00564. The Morgan fingerprint density at radius 1 is 1.29 bits per heavy atom. The first kappa shape index (κ1) is 16.4. The molecule has 17 heavy (non-hydrogen) atoms. The Hall–Kier alpha value is -0.650. The van der Waals surface area contributed by atoms with Crippen molar-refractivity contribution in [1.82, 2.24) is 10.6 Å². The third-order valence-corrected chi connectivity index (χ3v) is 2.93. The Kier molecular flexibility index (Phi) is 9.03. The van der Waals surface area contributed by atoms with Gasteiger partial charge in [0, 0.05) is 33.2 Å². The summed E-state index contributed by atoms with van der Waals surface area (Å²) in [5, 5.41) is 15.8. The summed E-state index contributed by atoms with van der Waals surface area (Å²) in [4.78, 5) is 11.3. The van der Waals surface area contributed by atoms with Gasteiger partial charge in [0.05, 0.1) is 12.2 Å². The zero-order chi connectivity index (χ0) is 13.1. The van der Waals surface area contributed by atoms with Gasteiger partial charge in [-0.2, -0.15) is 0 Å². The Morgan fingerprint density at radius 2 is 1.94 bits per heavy atom. The molecule has 0 aliphatic carbocycles. The molecule has 0 atom stereocenters. The Bertz CT molecular complexity index is 206. The van der Waals surface area contributed by atoms with Crippen LogP contribution in [0, 0.1) is 0 Å². The summed E-state index contributed by atoms with van der Waals surface area (Å²) >= 11 is 0. The van der Waals surface area contributed by atoms with E-state index in [1.54, 1.807) is 7.11 Å². The highest BCUT2D eigenvalue weighted by molar-refractivity contribution is 5.75. The predicted octanol–water partition coefficient (Wildman–Crippen LogP) is 0.280. The molecule has 0 saturated heterocycles. The predicted molar refractivity (Wildman–Crippen MR) is 67.9 cm³/mol. The highest BCUT2D eigenvalue weighted by Gasteiger charge is 2.20. The third kappa shape index (κ3) is 8.12. The monoisotopic (exact) mass is 246 g/mol. The van der Waals surface area contributed by atoms with E-state index in [-0.39, 0.29) is 5.91 Å². The highest BCUT2D eigenvalue weighted by atomic mass is 16.5. The first-order valence-electron chi connectivity index (χ1n) is 6.26. The van der Waals surface area contributed by atoms with E-state index in [1.165, 1.54) is 0 Å². The SMILES string of the molecule is CCC(O)(CC)CNCCC(=O)NCCOC. The molecule has 0 aromatic carbocycles. The molecule has 0 aliphatic rings. The highest BCUT2D eigenvalue weighted by Crippen LogP contribution is 2.12. The van der Waals surface area contributed by atoms with Gasteiger partial charge >= 0.3 is 0 Å². The molecule has 0 aromatic rings. The van der Waals surface area contributed by atoms with E-state index < -0.39 is 5.60 Å². The summed E-state index contributed by atoms with van der Waals surface area (Å²) in [6.07, 6.45) is 1.86. The second-order valence-electron chi connectivity index (χ2n) is 4.20. The minimum absolute atomic E-state index is 0.00564. The summed E-state index contributed by atoms with van der Waals surface area (Å²) in [6.45, 7) is 6.12. The van der Waals surface area contributed by atoms with Crippen molar-refractivity contribution in [3.63, 3.8) is 0 Å². The second-order valence-corrected chi connectivity index (χ2v) is 4.20. The fourth-order valence-electron chi connectivity index (χ4n) is 1.40. The van der Waals surface area contributed by atoms with Crippen LogP contribution in [0.2, 0.25) is 0 Å². The van der Waals surface area contributed by atoms with Gasteiger partial charge in [0.25, 0.3) is 0 Å². The molecule has 0 unspecified atom stereocenters. The van der Waals surface area contributed by atoms with Crippen molar-refractivity contribution in [2.45, 2.75) is 38.7 Å². The van der Waals surface area contributed by atoms with E-state index in [9.17, 15) is 9.90 Å². The average molecular weight is 246 g/mol. The lowest BCUT2D eigenvalue weighted by Gasteiger charge is -2.25. The average Bonchev–Trinajstić information content (AvgIpc) is 2.35. The molecule has 0 heterocycles. The van der Waals surface area contributed by atoms with Crippen molar-refractivity contribution < 1.29 is 14.6 Å². The largest absolute Gasteiger partial charge is 0.389 e. The maximum atomic E-state index is 11.3. The maximum absolute atomic E-state index is 11.3. The molecular weight excluding hydrogens is 220 g/mol. The number of rotatable bonds is 10. The Labute approximate surface area is 104 Å². The van der Waals surface area contributed by atoms with Crippen molar-refractivity contribution in [1.29, 1.82) is 0 Å². The summed E-state index contributed by atoms with van der Waals surface area (Å²) in [7, 11) is 1.60. The number of hydrogen-bond acceptors (Lipinski definition) is 4. The standard InChI is InChI=1S/C12H26N2O3/c1-4-12(16,5-2)10-13-7-6-11(15)14-8-9-17-3/h13,16H,4-10H2,1-3H3,(H,14,15).